The maximum absolute atomic E-state index is 5.36. The van der Waals surface area contributed by atoms with E-state index >= 15 is 0 Å². The molecule has 1 nitrogen and oxygen atoms in total. The van der Waals surface area contributed by atoms with E-state index in [1.807, 2.05) is 7.11 Å². The number of hydrogen-bond acceptors (Lipinski definition) is 1. The van der Waals surface area contributed by atoms with Gasteiger partial charge in [0.25, 0.3) is 0 Å². The Hall–Kier alpha value is -0.300. The van der Waals surface area contributed by atoms with Gasteiger partial charge in [0.15, 0.2) is 0 Å². The molecule has 0 amide bonds. The van der Waals surface area contributed by atoms with Crippen LogP contribution in [-0.2, 0) is 4.74 Å². The second-order valence-corrected chi connectivity index (χ2v) is 3.66. The molecule has 0 aromatic carbocycles. The van der Waals surface area contributed by atoms with Crippen LogP contribution in [0.3, 0.4) is 0 Å². The fourth-order valence-electron chi connectivity index (χ4n) is 2.16. The first-order chi connectivity index (χ1) is 5.16. The molecule has 0 spiro atoms. The largest absolute Gasteiger partial charge is 0.381 e. The van der Waals surface area contributed by atoms with Crippen LogP contribution in [0.4, 0.5) is 0 Å². The summed E-state index contributed by atoms with van der Waals surface area (Å²) in [5, 5.41) is 0. The van der Waals surface area contributed by atoms with Crippen LogP contribution in [0.15, 0.2) is 12.2 Å². The van der Waals surface area contributed by atoms with Gasteiger partial charge < -0.3 is 4.74 Å². The Morgan fingerprint density at radius 1 is 1.45 bits per heavy atom. The Morgan fingerprint density at radius 3 is 2.36 bits per heavy atom. The highest BCUT2D eigenvalue weighted by molar-refractivity contribution is 5.03. The number of ether oxygens (including phenoxy) is 1. The van der Waals surface area contributed by atoms with Crippen molar-refractivity contribution in [3.05, 3.63) is 12.2 Å². The first-order valence-electron chi connectivity index (χ1n) is 4.35. The molecule has 1 fully saturated rings. The maximum atomic E-state index is 5.36. The van der Waals surface area contributed by atoms with E-state index in [9.17, 15) is 0 Å². The quantitative estimate of drug-likeness (QED) is 0.555. The predicted octanol–water partition coefficient (Wildman–Crippen LogP) is 2.62. The summed E-state index contributed by atoms with van der Waals surface area (Å²) in [6, 6.07) is 0. The highest BCUT2D eigenvalue weighted by atomic mass is 16.5. The second-order valence-electron chi connectivity index (χ2n) is 3.66. The number of hydrogen-bond donors (Lipinski definition) is 0. The topological polar surface area (TPSA) is 9.23 Å². The van der Waals surface area contributed by atoms with Crippen LogP contribution in [0, 0.1) is 11.8 Å². The van der Waals surface area contributed by atoms with Crippen LogP contribution in [0.1, 0.15) is 26.7 Å². The van der Waals surface area contributed by atoms with Gasteiger partial charge in [0.05, 0.1) is 6.10 Å². The molecule has 1 aliphatic rings. The van der Waals surface area contributed by atoms with E-state index in [2.05, 4.69) is 20.4 Å². The van der Waals surface area contributed by atoms with Gasteiger partial charge in [0, 0.05) is 7.11 Å². The van der Waals surface area contributed by atoms with E-state index in [1.165, 1.54) is 18.4 Å². The number of allylic oxidation sites excluding steroid dienone is 1. The van der Waals surface area contributed by atoms with Crippen LogP contribution in [-0.4, -0.2) is 13.2 Å². The first-order valence-corrected chi connectivity index (χ1v) is 4.35. The summed E-state index contributed by atoms with van der Waals surface area (Å²) in [7, 11) is 1.81. The van der Waals surface area contributed by atoms with Crippen LogP contribution < -0.4 is 0 Å². The van der Waals surface area contributed by atoms with Crippen molar-refractivity contribution in [1.82, 2.24) is 0 Å². The van der Waals surface area contributed by atoms with Gasteiger partial charge in [-0.05, 0) is 31.6 Å². The molecule has 0 N–H and O–H groups in total. The predicted molar refractivity (Wildman–Crippen MR) is 47.5 cm³/mol. The van der Waals surface area contributed by atoms with E-state index < -0.39 is 0 Å². The summed E-state index contributed by atoms with van der Waals surface area (Å²) in [4.78, 5) is 0. The van der Waals surface area contributed by atoms with Gasteiger partial charge in [-0.15, -0.1) is 0 Å². The fraction of sp³-hybridized carbons (Fsp3) is 0.800. The molecule has 0 saturated heterocycles. The molecule has 1 heteroatoms. The molecule has 0 bridgehead atoms. The molecule has 1 aliphatic carbocycles. The summed E-state index contributed by atoms with van der Waals surface area (Å²) in [6.07, 6.45) is 2.93. The van der Waals surface area contributed by atoms with Crippen LogP contribution in [0.25, 0.3) is 0 Å². The Morgan fingerprint density at radius 2 is 2.09 bits per heavy atom. The zero-order valence-corrected chi connectivity index (χ0v) is 7.76. The van der Waals surface area contributed by atoms with Crippen LogP contribution in [0.2, 0.25) is 0 Å². The van der Waals surface area contributed by atoms with Crippen molar-refractivity contribution in [2.45, 2.75) is 32.8 Å². The van der Waals surface area contributed by atoms with E-state index in [4.69, 9.17) is 4.74 Å². The third kappa shape index (κ3) is 1.64. The van der Waals surface area contributed by atoms with Crippen LogP contribution >= 0.6 is 0 Å². The molecule has 0 aromatic heterocycles. The average Bonchev–Trinajstić information content (AvgIpc) is 2.30. The van der Waals surface area contributed by atoms with Crippen molar-refractivity contribution in [2.24, 2.45) is 11.8 Å². The zero-order valence-electron chi connectivity index (χ0n) is 7.76. The Balaban J connectivity index is 2.55. The first kappa shape index (κ1) is 8.79. The summed E-state index contributed by atoms with van der Waals surface area (Å²) in [5.74, 6) is 1.36. The molecule has 3 atom stereocenters. The zero-order chi connectivity index (χ0) is 8.43. The lowest BCUT2D eigenvalue weighted by Crippen LogP contribution is -2.18. The minimum atomic E-state index is 0.469. The van der Waals surface area contributed by atoms with Gasteiger partial charge in [-0.25, -0.2) is 0 Å². The molecular formula is C10H18O. The molecule has 0 radical (unpaired) electrons. The monoisotopic (exact) mass is 154 g/mol. The average molecular weight is 154 g/mol. The molecule has 0 aliphatic heterocycles. The maximum Gasteiger partial charge on any atom is 0.0602 e. The lowest BCUT2D eigenvalue weighted by atomic mass is 9.91. The van der Waals surface area contributed by atoms with Crippen molar-refractivity contribution in [1.29, 1.82) is 0 Å². The highest BCUT2D eigenvalue weighted by Gasteiger charge is 2.32. The van der Waals surface area contributed by atoms with Crippen molar-refractivity contribution < 1.29 is 4.74 Å². The van der Waals surface area contributed by atoms with E-state index in [0.29, 0.717) is 17.9 Å². The molecule has 64 valence electrons. The molecule has 0 unspecified atom stereocenters. The van der Waals surface area contributed by atoms with Gasteiger partial charge in [-0.1, -0.05) is 19.1 Å². The van der Waals surface area contributed by atoms with Crippen molar-refractivity contribution in [2.75, 3.05) is 7.11 Å². The van der Waals surface area contributed by atoms with Gasteiger partial charge in [0.2, 0.25) is 0 Å². The summed E-state index contributed by atoms with van der Waals surface area (Å²) < 4.78 is 5.36. The second kappa shape index (κ2) is 3.40. The summed E-state index contributed by atoms with van der Waals surface area (Å²) in [5.41, 5.74) is 1.32. The third-order valence-corrected chi connectivity index (χ3v) is 2.92. The van der Waals surface area contributed by atoms with Crippen molar-refractivity contribution >= 4 is 0 Å². The van der Waals surface area contributed by atoms with Gasteiger partial charge in [-0.2, -0.15) is 0 Å². The number of methoxy groups -OCH3 is 1. The smallest absolute Gasteiger partial charge is 0.0602 e. The minimum Gasteiger partial charge on any atom is -0.381 e. The Kier molecular flexibility index (Phi) is 2.72. The molecule has 11 heavy (non-hydrogen) atoms. The summed E-state index contributed by atoms with van der Waals surface area (Å²) >= 11 is 0. The third-order valence-electron chi connectivity index (χ3n) is 2.92. The van der Waals surface area contributed by atoms with Gasteiger partial charge in [-0.3, -0.25) is 0 Å². The van der Waals surface area contributed by atoms with E-state index in [0.717, 1.165) is 0 Å². The SMILES string of the molecule is C=C(C)[C@H]1CC[C@H](OC)[C@H]1C. The number of rotatable bonds is 2. The van der Waals surface area contributed by atoms with E-state index in [-0.39, 0.29) is 0 Å². The summed E-state index contributed by atoms with van der Waals surface area (Å²) in [6.45, 7) is 8.39. The fourth-order valence-corrected chi connectivity index (χ4v) is 2.16. The molecule has 0 aromatic rings. The minimum absolute atomic E-state index is 0.469. The lowest BCUT2D eigenvalue weighted by molar-refractivity contribution is 0.0714. The molecule has 1 rings (SSSR count). The van der Waals surface area contributed by atoms with Crippen LogP contribution in [0.5, 0.6) is 0 Å². The van der Waals surface area contributed by atoms with Gasteiger partial charge >= 0.3 is 0 Å². The normalized spacial score (nSPS) is 37.5. The standard InChI is InChI=1S/C10H18O/c1-7(2)9-5-6-10(11-4)8(9)3/h8-10H,1,5-6H2,2-4H3/t8-,9+,10-/m0/s1. The van der Waals surface area contributed by atoms with Gasteiger partial charge in [0.1, 0.15) is 0 Å². The molecule has 1 saturated carbocycles. The van der Waals surface area contributed by atoms with E-state index in [1.54, 1.807) is 0 Å². The Labute approximate surface area is 69.4 Å². The van der Waals surface area contributed by atoms with Crippen molar-refractivity contribution in [3.8, 4) is 0 Å². The van der Waals surface area contributed by atoms with Crippen molar-refractivity contribution in [3.63, 3.8) is 0 Å². The molecular weight excluding hydrogens is 136 g/mol. The highest BCUT2D eigenvalue weighted by Crippen LogP contribution is 2.37. The Bertz CT molecular complexity index is 151. The lowest BCUT2D eigenvalue weighted by Gasteiger charge is -2.19. The molecule has 0 heterocycles.